The Bertz CT molecular complexity index is 1450. The van der Waals surface area contributed by atoms with Crippen LogP contribution in [0.1, 0.15) is 35.3 Å². The minimum atomic E-state index is -0.853. The van der Waals surface area contributed by atoms with Crippen molar-refractivity contribution in [1.82, 2.24) is 4.98 Å². The SMILES string of the molecule is CCc1ccc(N2C(=O)C(=O)/C(=C(/O)c3ccc(F)cc3)C2c2c(C)[nH]c3ccccc23)cc1. The Morgan fingerprint density at radius 3 is 2.35 bits per heavy atom. The number of Topliss-reactive ketones (excluding diaryl/α,β-unsaturated/α-hetero) is 1. The minimum absolute atomic E-state index is 0.0240. The van der Waals surface area contributed by atoms with E-state index in [0.29, 0.717) is 5.69 Å². The number of fused-ring (bicyclic) bond motifs is 1. The number of hydrogen-bond donors (Lipinski definition) is 2. The van der Waals surface area contributed by atoms with Crippen LogP contribution in [0, 0.1) is 12.7 Å². The lowest BCUT2D eigenvalue weighted by atomic mass is 9.93. The predicted octanol–water partition coefficient (Wildman–Crippen LogP) is 5.80. The molecule has 1 saturated heterocycles. The molecule has 5 nitrogen and oxygen atoms in total. The maximum atomic E-state index is 13.5. The van der Waals surface area contributed by atoms with Gasteiger partial charge in [-0.1, -0.05) is 37.3 Å². The lowest BCUT2D eigenvalue weighted by Gasteiger charge is -2.26. The van der Waals surface area contributed by atoms with Crippen LogP contribution in [0.5, 0.6) is 0 Å². The molecule has 2 N–H and O–H groups in total. The number of para-hydroxylation sites is 1. The van der Waals surface area contributed by atoms with Gasteiger partial charge < -0.3 is 10.1 Å². The first-order valence-corrected chi connectivity index (χ1v) is 11.1. The third kappa shape index (κ3) is 3.39. The highest BCUT2D eigenvalue weighted by atomic mass is 19.1. The Labute approximate surface area is 196 Å². The highest BCUT2D eigenvalue weighted by Crippen LogP contribution is 2.45. The molecule has 1 aromatic heterocycles. The summed E-state index contributed by atoms with van der Waals surface area (Å²) in [6, 6.07) is 19.5. The van der Waals surface area contributed by atoms with E-state index in [9.17, 15) is 19.1 Å². The molecule has 1 amide bonds. The molecule has 0 saturated carbocycles. The molecule has 34 heavy (non-hydrogen) atoms. The molecule has 1 atom stereocenters. The number of aliphatic hydroxyl groups excluding tert-OH is 1. The second-order valence-electron chi connectivity index (χ2n) is 8.41. The number of hydrogen-bond acceptors (Lipinski definition) is 3. The molecule has 1 aliphatic rings. The Morgan fingerprint density at radius 2 is 1.68 bits per heavy atom. The van der Waals surface area contributed by atoms with Crippen LogP contribution in [0.25, 0.3) is 16.7 Å². The van der Waals surface area contributed by atoms with Gasteiger partial charge in [0.25, 0.3) is 11.7 Å². The van der Waals surface area contributed by atoms with E-state index in [2.05, 4.69) is 4.98 Å². The number of H-pyrrole nitrogens is 1. The summed E-state index contributed by atoms with van der Waals surface area (Å²) in [4.78, 5) is 31.5. The van der Waals surface area contributed by atoms with Crippen LogP contribution in [-0.4, -0.2) is 21.8 Å². The van der Waals surface area contributed by atoms with Crippen LogP contribution in [0.2, 0.25) is 0 Å². The Hall–Kier alpha value is -4.19. The van der Waals surface area contributed by atoms with E-state index in [-0.39, 0.29) is 16.9 Å². The van der Waals surface area contributed by atoms with Gasteiger partial charge in [-0.15, -0.1) is 0 Å². The molecule has 1 aliphatic heterocycles. The highest BCUT2D eigenvalue weighted by molar-refractivity contribution is 6.52. The molecule has 5 rings (SSSR count). The predicted molar refractivity (Wildman–Crippen MR) is 130 cm³/mol. The second kappa shape index (κ2) is 8.30. The zero-order valence-electron chi connectivity index (χ0n) is 18.8. The standard InChI is InChI=1S/C28H23FN2O3/c1-3-17-8-14-20(15-9-17)31-25(23-16(2)30-22-7-5-4-6-21(22)23)24(27(33)28(31)34)26(32)18-10-12-19(29)13-11-18/h4-15,25,30,32H,3H2,1-2H3/b26-24+. The number of nitrogens with one attached hydrogen (secondary N) is 1. The van der Waals surface area contributed by atoms with Gasteiger partial charge >= 0.3 is 0 Å². The Morgan fingerprint density at radius 1 is 1.00 bits per heavy atom. The zero-order valence-corrected chi connectivity index (χ0v) is 18.8. The van der Waals surface area contributed by atoms with Gasteiger partial charge in [0.15, 0.2) is 0 Å². The van der Waals surface area contributed by atoms with Crippen molar-refractivity contribution in [2.24, 2.45) is 0 Å². The van der Waals surface area contributed by atoms with Crippen molar-refractivity contribution in [1.29, 1.82) is 0 Å². The monoisotopic (exact) mass is 454 g/mol. The number of ketones is 1. The molecule has 3 aromatic carbocycles. The number of carbonyl (C=O) groups excluding carboxylic acids is 2. The van der Waals surface area contributed by atoms with Crippen molar-refractivity contribution in [3.8, 4) is 0 Å². The third-order valence-corrected chi connectivity index (χ3v) is 6.40. The van der Waals surface area contributed by atoms with E-state index in [1.165, 1.54) is 29.2 Å². The number of rotatable bonds is 4. The van der Waals surface area contributed by atoms with Gasteiger partial charge in [0, 0.05) is 33.4 Å². The summed E-state index contributed by atoms with van der Waals surface area (Å²) in [7, 11) is 0. The van der Waals surface area contributed by atoms with E-state index in [0.717, 1.165) is 34.1 Å². The van der Waals surface area contributed by atoms with Gasteiger partial charge in [-0.05, 0) is 61.4 Å². The van der Waals surface area contributed by atoms with Crippen molar-refractivity contribution < 1.29 is 19.1 Å². The number of benzene rings is 3. The summed E-state index contributed by atoms with van der Waals surface area (Å²) in [6.07, 6.45) is 0.842. The number of aryl methyl sites for hydroxylation is 2. The summed E-state index contributed by atoms with van der Waals surface area (Å²) < 4.78 is 13.5. The van der Waals surface area contributed by atoms with E-state index < -0.39 is 23.5 Å². The number of halogens is 1. The summed E-state index contributed by atoms with van der Waals surface area (Å²) in [5.41, 5.74) is 4.29. The van der Waals surface area contributed by atoms with Gasteiger partial charge in [-0.25, -0.2) is 4.39 Å². The zero-order chi connectivity index (χ0) is 24.0. The van der Waals surface area contributed by atoms with Gasteiger partial charge in [0.05, 0.1) is 11.6 Å². The maximum absolute atomic E-state index is 13.5. The number of aliphatic hydroxyl groups is 1. The van der Waals surface area contributed by atoms with Crippen molar-refractivity contribution in [2.75, 3.05) is 4.90 Å². The number of nitrogens with zero attached hydrogens (tertiary/aromatic N) is 1. The number of aromatic amines is 1. The Kier molecular flexibility index (Phi) is 5.28. The molecule has 1 unspecified atom stereocenters. The van der Waals surface area contributed by atoms with Crippen molar-refractivity contribution in [3.05, 3.63) is 107 Å². The second-order valence-corrected chi connectivity index (χ2v) is 8.41. The number of anilines is 1. The number of carbonyl (C=O) groups is 2. The minimum Gasteiger partial charge on any atom is -0.507 e. The molecular weight excluding hydrogens is 431 g/mol. The van der Waals surface area contributed by atoms with Gasteiger partial charge in [0.1, 0.15) is 11.6 Å². The normalized spacial score (nSPS) is 17.6. The van der Waals surface area contributed by atoms with Crippen LogP contribution in [0.4, 0.5) is 10.1 Å². The van der Waals surface area contributed by atoms with Crippen molar-refractivity contribution in [3.63, 3.8) is 0 Å². The van der Waals surface area contributed by atoms with Gasteiger partial charge in [-0.3, -0.25) is 14.5 Å². The van der Waals surface area contributed by atoms with Crippen LogP contribution in [0.3, 0.4) is 0 Å². The fourth-order valence-electron chi connectivity index (χ4n) is 4.68. The van der Waals surface area contributed by atoms with E-state index >= 15 is 0 Å². The molecule has 4 aromatic rings. The first-order valence-electron chi connectivity index (χ1n) is 11.1. The van der Waals surface area contributed by atoms with Crippen molar-refractivity contribution >= 4 is 34.0 Å². The maximum Gasteiger partial charge on any atom is 0.300 e. The summed E-state index contributed by atoms with van der Waals surface area (Å²) in [5, 5.41) is 12.1. The molecular formula is C28H23FN2O3. The molecule has 6 heteroatoms. The lowest BCUT2D eigenvalue weighted by molar-refractivity contribution is -0.132. The average Bonchev–Trinajstić information content (AvgIpc) is 3.31. The quantitative estimate of drug-likeness (QED) is 0.232. The largest absolute Gasteiger partial charge is 0.507 e. The first-order chi connectivity index (χ1) is 16.4. The van der Waals surface area contributed by atoms with E-state index in [4.69, 9.17) is 0 Å². The fraction of sp³-hybridized carbons (Fsp3) is 0.143. The van der Waals surface area contributed by atoms with E-state index in [1.807, 2.05) is 62.4 Å². The molecule has 0 aliphatic carbocycles. The third-order valence-electron chi connectivity index (χ3n) is 6.40. The highest BCUT2D eigenvalue weighted by Gasteiger charge is 2.48. The molecule has 0 bridgehead atoms. The number of aromatic nitrogens is 1. The summed E-state index contributed by atoms with van der Waals surface area (Å²) in [6.45, 7) is 3.92. The molecule has 0 radical (unpaired) electrons. The summed E-state index contributed by atoms with van der Waals surface area (Å²) >= 11 is 0. The van der Waals surface area contributed by atoms with E-state index in [1.54, 1.807) is 0 Å². The van der Waals surface area contributed by atoms with Gasteiger partial charge in [-0.2, -0.15) is 0 Å². The molecule has 2 heterocycles. The number of amides is 1. The van der Waals surface area contributed by atoms with Crippen molar-refractivity contribution in [2.45, 2.75) is 26.3 Å². The van der Waals surface area contributed by atoms with Gasteiger partial charge in [0.2, 0.25) is 0 Å². The first kappa shape index (κ1) is 21.6. The average molecular weight is 455 g/mol. The summed E-state index contributed by atoms with van der Waals surface area (Å²) in [5.74, 6) is -2.29. The van der Waals surface area contributed by atoms with Crippen LogP contribution >= 0.6 is 0 Å². The molecule has 170 valence electrons. The van der Waals surface area contributed by atoms with Crippen LogP contribution in [-0.2, 0) is 16.0 Å². The lowest BCUT2D eigenvalue weighted by Crippen LogP contribution is -2.29. The van der Waals surface area contributed by atoms with Crippen LogP contribution in [0.15, 0.2) is 78.4 Å². The topological polar surface area (TPSA) is 73.4 Å². The Balaban J connectivity index is 1.79. The fourth-order valence-corrected chi connectivity index (χ4v) is 4.68. The molecule has 1 fully saturated rings. The smallest absolute Gasteiger partial charge is 0.300 e. The molecule has 0 spiro atoms. The van der Waals surface area contributed by atoms with Crippen LogP contribution < -0.4 is 4.90 Å².